The number of hydrogen-bond donors (Lipinski definition) is 2. The second-order valence-corrected chi connectivity index (χ2v) is 7.22. The summed E-state index contributed by atoms with van der Waals surface area (Å²) in [5.74, 6) is 0.151. The van der Waals surface area contributed by atoms with Crippen LogP contribution < -0.4 is 10.6 Å². The molecule has 0 radical (unpaired) electrons. The summed E-state index contributed by atoms with van der Waals surface area (Å²) in [5.41, 5.74) is 2.44. The third kappa shape index (κ3) is 4.31. The van der Waals surface area contributed by atoms with Crippen molar-refractivity contribution < 1.29 is 4.79 Å². The monoisotopic (exact) mass is 288 g/mol. The molecule has 2 unspecified atom stereocenters. The second kappa shape index (κ2) is 6.61. The molecule has 2 rings (SSSR count). The van der Waals surface area contributed by atoms with Gasteiger partial charge in [-0.2, -0.15) is 0 Å². The lowest BCUT2D eigenvalue weighted by Crippen LogP contribution is -2.39. The normalized spacial score (nSPS) is 20.3. The molecule has 1 aromatic rings. The predicted molar refractivity (Wildman–Crippen MR) is 87.2 cm³/mol. The number of benzene rings is 1. The van der Waals surface area contributed by atoms with Gasteiger partial charge >= 0.3 is 0 Å². The molecule has 0 spiro atoms. The van der Waals surface area contributed by atoms with Crippen molar-refractivity contribution in [2.24, 2.45) is 5.41 Å². The molecule has 3 heteroatoms. The van der Waals surface area contributed by atoms with E-state index in [2.05, 4.69) is 50.5 Å². The van der Waals surface area contributed by atoms with Gasteiger partial charge in [0.05, 0.1) is 6.04 Å². The standard InChI is InChI=1S/C18H28N2O/c1-13-8-5-6-10-15(13)17(18(2,3)4)20-16(21)12-14-9-7-11-19-14/h5-6,8,10,14,17,19H,7,9,11-12H2,1-4H3,(H,20,21). The lowest BCUT2D eigenvalue weighted by molar-refractivity contribution is -0.123. The van der Waals surface area contributed by atoms with Crippen molar-refractivity contribution in [2.45, 2.75) is 59.0 Å². The highest BCUT2D eigenvalue weighted by Gasteiger charge is 2.29. The van der Waals surface area contributed by atoms with E-state index >= 15 is 0 Å². The number of carbonyl (C=O) groups is 1. The van der Waals surface area contributed by atoms with Gasteiger partial charge in [0.15, 0.2) is 0 Å². The topological polar surface area (TPSA) is 41.1 Å². The first-order valence-electron chi connectivity index (χ1n) is 7.96. The zero-order chi connectivity index (χ0) is 15.5. The molecule has 3 nitrogen and oxygen atoms in total. The molecule has 0 aliphatic carbocycles. The molecule has 0 bridgehead atoms. The smallest absolute Gasteiger partial charge is 0.222 e. The molecule has 1 aromatic carbocycles. The van der Waals surface area contributed by atoms with Crippen LogP contribution >= 0.6 is 0 Å². The summed E-state index contributed by atoms with van der Waals surface area (Å²) >= 11 is 0. The zero-order valence-corrected chi connectivity index (χ0v) is 13.7. The van der Waals surface area contributed by atoms with Crippen molar-refractivity contribution >= 4 is 5.91 Å². The summed E-state index contributed by atoms with van der Waals surface area (Å²) in [5, 5.41) is 6.65. The Labute approximate surface area is 128 Å². The van der Waals surface area contributed by atoms with E-state index in [1.165, 1.54) is 17.5 Å². The maximum atomic E-state index is 12.4. The van der Waals surface area contributed by atoms with Gasteiger partial charge in [-0.15, -0.1) is 0 Å². The van der Waals surface area contributed by atoms with Crippen LogP contribution in [0.4, 0.5) is 0 Å². The largest absolute Gasteiger partial charge is 0.349 e. The molecule has 1 aliphatic rings. The van der Waals surface area contributed by atoms with E-state index in [0.717, 1.165) is 13.0 Å². The molecule has 0 saturated carbocycles. The van der Waals surface area contributed by atoms with Gasteiger partial charge in [0.25, 0.3) is 0 Å². The molecule has 1 amide bonds. The van der Waals surface area contributed by atoms with Crippen LogP contribution in [-0.2, 0) is 4.79 Å². The summed E-state index contributed by atoms with van der Waals surface area (Å²) in [6.07, 6.45) is 2.87. The van der Waals surface area contributed by atoms with E-state index in [0.29, 0.717) is 12.5 Å². The zero-order valence-electron chi connectivity index (χ0n) is 13.7. The minimum Gasteiger partial charge on any atom is -0.349 e. The van der Waals surface area contributed by atoms with E-state index < -0.39 is 0 Å². The van der Waals surface area contributed by atoms with E-state index in [1.807, 2.05) is 12.1 Å². The third-order valence-corrected chi connectivity index (χ3v) is 4.26. The lowest BCUT2D eigenvalue weighted by Gasteiger charge is -2.33. The summed E-state index contributed by atoms with van der Waals surface area (Å²) in [7, 11) is 0. The van der Waals surface area contributed by atoms with E-state index in [9.17, 15) is 4.79 Å². The van der Waals surface area contributed by atoms with Gasteiger partial charge in [0.2, 0.25) is 5.91 Å². The first kappa shape index (κ1) is 16.0. The van der Waals surface area contributed by atoms with Crippen LogP contribution in [0.5, 0.6) is 0 Å². The van der Waals surface area contributed by atoms with Crippen molar-refractivity contribution in [3.63, 3.8) is 0 Å². The van der Waals surface area contributed by atoms with Crippen LogP contribution in [0.2, 0.25) is 0 Å². The highest BCUT2D eigenvalue weighted by Crippen LogP contribution is 2.34. The number of amides is 1. The van der Waals surface area contributed by atoms with E-state index in [4.69, 9.17) is 0 Å². The fourth-order valence-corrected chi connectivity index (χ4v) is 3.05. The Morgan fingerprint density at radius 1 is 1.38 bits per heavy atom. The maximum absolute atomic E-state index is 12.4. The van der Waals surface area contributed by atoms with Crippen LogP contribution in [0, 0.1) is 12.3 Å². The van der Waals surface area contributed by atoms with Crippen LogP contribution in [0.3, 0.4) is 0 Å². The summed E-state index contributed by atoms with van der Waals surface area (Å²) in [4.78, 5) is 12.4. The molecule has 1 heterocycles. The van der Waals surface area contributed by atoms with Crippen LogP contribution in [0.1, 0.15) is 57.2 Å². The number of carbonyl (C=O) groups excluding carboxylic acids is 1. The molecular weight excluding hydrogens is 260 g/mol. The Bertz CT molecular complexity index is 484. The average Bonchev–Trinajstić information content (AvgIpc) is 2.88. The first-order chi connectivity index (χ1) is 9.88. The molecule has 116 valence electrons. The van der Waals surface area contributed by atoms with Crippen molar-refractivity contribution in [1.82, 2.24) is 10.6 Å². The van der Waals surface area contributed by atoms with E-state index in [-0.39, 0.29) is 17.4 Å². The second-order valence-electron chi connectivity index (χ2n) is 7.22. The number of hydrogen-bond acceptors (Lipinski definition) is 2. The molecule has 21 heavy (non-hydrogen) atoms. The van der Waals surface area contributed by atoms with Crippen LogP contribution in [0.25, 0.3) is 0 Å². The van der Waals surface area contributed by atoms with Crippen molar-refractivity contribution in [2.75, 3.05) is 6.54 Å². The predicted octanol–water partition coefficient (Wildman–Crippen LogP) is 3.34. The molecule has 2 N–H and O–H groups in total. The van der Waals surface area contributed by atoms with Gasteiger partial charge in [-0.25, -0.2) is 0 Å². The van der Waals surface area contributed by atoms with Crippen LogP contribution in [0.15, 0.2) is 24.3 Å². The average molecular weight is 288 g/mol. The van der Waals surface area contributed by atoms with Gasteiger partial charge in [0.1, 0.15) is 0 Å². The minimum absolute atomic E-state index is 0.00905. The van der Waals surface area contributed by atoms with Gasteiger partial charge < -0.3 is 10.6 Å². The SMILES string of the molecule is Cc1ccccc1C(NC(=O)CC1CCCN1)C(C)(C)C. The van der Waals surface area contributed by atoms with E-state index in [1.54, 1.807) is 0 Å². The summed E-state index contributed by atoms with van der Waals surface area (Å²) in [6.45, 7) is 9.69. The molecule has 1 aliphatic heterocycles. The maximum Gasteiger partial charge on any atom is 0.222 e. The Morgan fingerprint density at radius 3 is 2.67 bits per heavy atom. The Morgan fingerprint density at radius 2 is 2.10 bits per heavy atom. The molecule has 0 aromatic heterocycles. The van der Waals surface area contributed by atoms with Gasteiger partial charge in [-0.05, 0) is 42.9 Å². The Hall–Kier alpha value is -1.35. The fraction of sp³-hybridized carbons (Fsp3) is 0.611. The number of nitrogens with one attached hydrogen (secondary N) is 2. The number of aryl methyl sites for hydroxylation is 1. The van der Waals surface area contributed by atoms with Crippen molar-refractivity contribution in [1.29, 1.82) is 0 Å². The third-order valence-electron chi connectivity index (χ3n) is 4.26. The lowest BCUT2D eigenvalue weighted by atomic mass is 9.80. The highest BCUT2D eigenvalue weighted by atomic mass is 16.1. The number of rotatable bonds is 4. The molecule has 1 saturated heterocycles. The van der Waals surface area contributed by atoms with Crippen molar-refractivity contribution in [3.8, 4) is 0 Å². The Kier molecular flexibility index (Phi) is 5.04. The van der Waals surface area contributed by atoms with Gasteiger partial charge in [-0.3, -0.25) is 4.79 Å². The summed E-state index contributed by atoms with van der Waals surface area (Å²) < 4.78 is 0. The molecular formula is C18H28N2O. The Balaban J connectivity index is 2.10. The quantitative estimate of drug-likeness (QED) is 0.892. The molecule has 1 fully saturated rings. The van der Waals surface area contributed by atoms with Crippen molar-refractivity contribution in [3.05, 3.63) is 35.4 Å². The highest BCUT2D eigenvalue weighted by molar-refractivity contribution is 5.77. The molecule has 2 atom stereocenters. The minimum atomic E-state index is -0.00905. The van der Waals surface area contributed by atoms with Gasteiger partial charge in [0, 0.05) is 12.5 Å². The van der Waals surface area contributed by atoms with Crippen LogP contribution in [-0.4, -0.2) is 18.5 Å². The van der Waals surface area contributed by atoms with Gasteiger partial charge in [-0.1, -0.05) is 45.0 Å². The first-order valence-corrected chi connectivity index (χ1v) is 7.96. The summed E-state index contributed by atoms with van der Waals surface area (Å²) in [6, 6.07) is 8.72. The fourth-order valence-electron chi connectivity index (χ4n) is 3.05.